The van der Waals surface area contributed by atoms with E-state index in [-0.39, 0.29) is 0 Å². The first-order valence-electron chi connectivity index (χ1n) is 3.18. The molecule has 17 heavy (non-hydrogen) atoms. The third-order valence-electron chi connectivity index (χ3n) is 1.46. The third-order valence-corrected chi connectivity index (χ3v) is 4.83. The second-order valence-electron chi connectivity index (χ2n) is 2.70. The van der Waals surface area contributed by atoms with Crippen LogP contribution in [0.4, 0.5) is 26.3 Å². The summed E-state index contributed by atoms with van der Waals surface area (Å²) < 4.78 is 109. The van der Waals surface area contributed by atoms with Crippen LogP contribution in [0.5, 0.6) is 0 Å². The molecule has 0 fully saturated rings. The summed E-state index contributed by atoms with van der Waals surface area (Å²) in [5, 5.41) is 7.48. The molecule has 0 aliphatic carbocycles. The Labute approximate surface area is 90.7 Å². The van der Waals surface area contributed by atoms with Crippen molar-refractivity contribution in [3.63, 3.8) is 0 Å². The molecule has 0 amide bonds. The van der Waals surface area contributed by atoms with Gasteiger partial charge in [-0.25, -0.2) is 27.1 Å². The first-order valence-corrected chi connectivity index (χ1v) is 6.27. The zero-order valence-corrected chi connectivity index (χ0v) is 9.00. The molecule has 0 rings (SSSR count). The summed E-state index contributed by atoms with van der Waals surface area (Å²) >= 11 is 0. The first kappa shape index (κ1) is 16.4. The molecular weight excluding hydrogens is 306 g/mol. The molecule has 0 heterocycles. The van der Waals surface area contributed by atoms with Crippen molar-refractivity contribution in [1.29, 1.82) is 0 Å². The summed E-state index contributed by atoms with van der Waals surface area (Å²) in [6.07, 6.45) is -6.83. The van der Waals surface area contributed by atoms with Gasteiger partial charge >= 0.3 is 16.4 Å². The fraction of sp³-hybridized carbons (Fsp3) is 1.00. The summed E-state index contributed by atoms with van der Waals surface area (Å²) in [6.45, 7) is 0. The summed E-state index contributed by atoms with van der Waals surface area (Å²) in [5.74, 6) is -6.83. The summed E-state index contributed by atoms with van der Waals surface area (Å²) in [4.78, 5) is 0. The molecule has 0 aliphatic rings. The van der Waals surface area contributed by atoms with Gasteiger partial charge in [-0.15, -0.1) is 0 Å². The number of hydrogen-bond donors (Lipinski definition) is 2. The SMILES string of the molecule is NS(=O)(=O)C(F)(C(F)(F)C(F)(F)F)S(N)(=O)=O. The molecule has 0 saturated carbocycles. The fourth-order valence-corrected chi connectivity index (χ4v) is 2.93. The Kier molecular flexibility index (Phi) is 3.56. The molecule has 0 atom stereocenters. The molecular formula is C3H4F6N2O4S2. The van der Waals surface area contributed by atoms with Crippen LogP contribution in [-0.2, 0) is 20.0 Å². The van der Waals surface area contributed by atoms with Gasteiger partial charge in [0.2, 0.25) is 0 Å². The molecule has 0 spiro atoms. The van der Waals surface area contributed by atoms with Gasteiger partial charge < -0.3 is 0 Å². The van der Waals surface area contributed by atoms with Gasteiger partial charge in [0, 0.05) is 0 Å². The lowest BCUT2D eigenvalue weighted by Gasteiger charge is -2.30. The van der Waals surface area contributed by atoms with E-state index >= 15 is 0 Å². The molecule has 0 unspecified atom stereocenters. The van der Waals surface area contributed by atoms with E-state index in [9.17, 15) is 43.2 Å². The Hall–Kier alpha value is -0.600. The monoisotopic (exact) mass is 310 g/mol. The van der Waals surface area contributed by atoms with E-state index in [0.29, 0.717) is 0 Å². The van der Waals surface area contributed by atoms with Gasteiger partial charge in [0.05, 0.1) is 0 Å². The Morgan fingerprint density at radius 1 is 0.706 bits per heavy atom. The van der Waals surface area contributed by atoms with Gasteiger partial charge in [-0.3, -0.25) is 0 Å². The smallest absolute Gasteiger partial charge is 0.225 e. The van der Waals surface area contributed by atoms with E-state index in [1.807, 2.05) is 0 Å². The zero-order chi connectivity index (χ0) is 14.5. The summed E-state index contributed by atoms with van der Waals surface area (Å²) in [6, 6.07) is 0. The lowest BCUT2D eigenvalue weighted by atomic mass is 10.3. The molecule has 14 heteroatoms. The molecule has 0 aliphatic heterocycles. The maximum absolute atomic E-state index is 13.2. The fourth-order valence-electron chi connectivity index (χ4n) is 0.689. The largest absolute Gasteiger partial charge is 0.459 e. The van der Waals surface area contributed by atoms with E-state index in [2.05, 4.69) is 10.3 Å². The normalized spacial score (nSPS) is 16.0. The van der Waals surface area contributed by atoms with Crippen LogP contribution >= 0.6 is 0 Å². The molecule has 0 aromatic carbocycles. The second-order valence-corrected chi connectivity index (χ2v) is 6.26. The highest BCUT2D eigenvalue weighted by molar-refractivity contribution is 8.08. The van der Waals surface area contributed by atoms with Crippen molar-refractivity contribution < 1.29 is 43.2 Å². The van der Waals surface area contributed by atoms with Gasteiger partial charge in [-0.05, 0) is 0 Å². The molecule has 0 saturated heterocycles. The van der Waals surface area contributed by atoms with Crippen LogP contribution in [0.25, 0.3) is 0 Å². The van der Waals surface area contributed by atoms with E-state index in [1.54, 1.807) is 0 Å². The van der Waals surface area contributed by atoms with Crippen molar-refractivity contribution in [3.8, 4) is 0 Å². The van der Waals surface area contributed by atoms with Crippen LogP contribution in [0.15, 0.2) is 0 Å². The number of alkyl halides is 6. The van der Waals surface area contributed by atoms with Crippen molar-refractivity contribution in [1.82, 2.24) is 0 Å². The van der Waals surface area contributed by atoms with Crippen molar-refractivity contribution in [3.05, 3.63) is 0 Å². The topological polar surface area (TPSA) is 120 Å². The van der Waals surface area contributed by atoms with E-state index in [4.69, 9.17) is 0 Å². The molecule has 0 aromatic heterocycles. The van der Waals surface area contributed by atoms with Crippen molar-refractivity contribution >= 4 is 20.0 Å². The molecule has 4 N–H and O–H groups in total. The number of primary sulfonamides is 2. The Bertz CT molecular complexity index is 474. The predicted octanol–water partition coefficient (Wildman–Crippen LogP) is -0.616. The molecule has 0 radical (unpaired) electrons. The van der Waals surface area contributed by atoms with E-state index in [1.165, 1.54) is 0 Å². The highest BCUT2D eigenvalue weighted by Gasteiger charge is 2.82. The van der Waals surface area contributed by atoms with Crippen molar-refractivity contribution in [2.24, 2.45) is 10.3 Å². The first-order chi connectivity index (χ1) is 7.00. The van der Waals surface area contributed by atoms with Crippen molar-refractivity contribution in [2.75, 3.05) is 0 Å². The van der Waals surface area contributed by atoms with Crippen LogP contribution < -0.4 is 10.3 Å². The van der Waals surface area contributed by atoms with Gasteiger partial charge in [-0.1, -0.05) is 0 Å². The predicted molar refractivity (Wildman–Crippen MR) is 41.1 cm³/mol. The number of hydrogen-bond acceptors (Lipinski definition) is 4. The van der Waals surface area contributed by atoms with Crippen molar-refractivity contribution in [2.45, 2.75) is 16.4 Å². The zero-order valence-electron chi connectivity index (χ0n) is 7.37. The highest BCUT2D eigenvalue weighted by Crippen LogP contribution is 2.49. The minimum Gasteiger partial charge on any atom is -0.225 e. The van der Waals surface area contributed by atoms with Crippen LogP contribution in [0.3, 0.4) is 0 Å². The van der Waals surface area contributed by atoms with Crippen LogP contribution in [0, 0.1) is 0 Å². The summed E-state index contributed by atoms with van der Waals surface area (Å²) in [7, 11) is -13.0. The number of halogens is 6. The molecule has 0 bridgehead atoms. The van der Waals surface area contributed by atoms with Crippen LogP contribution in [0.2, 0.25) is 0 Å². The third kappa shape index (κ3) is 2.21. The molecule has 104 valence electrons. The van der Waals surface area contributed by atoms with Gasteiger partial charge in [-0.2, -0.15) is 26.3 Å². The highest BCUT2D eigenvalue weighted by atomic mass is 32.3. The number of rotatable bonds is 3. The average Bonchev–Trinajstić information content (AvgIpc) is 1.95. The Morgan fingerprint density at radius 3 is 1.00 bits per heavy atom. The Morgan fingerprint density at radius 2 is 0.941 bits per heavy atom. The minimum atomic E-state index is -6.83. The number of nitrogens with two attached hydrogens (primary N) is 2. The van der Waals surface area contributed by atoms with Crippen LogP contribution in [0.1, 0.15) is 0 Å². The Balaban J connectivity index is 6.46. The number of sulfonamides is 2. The van der Waals surface area contributed by atoms with Gasteiger partial charge in [0.15, 0.2) is 0 Å². The van der Waals surface area contributed by atoms with E-state index < -0.39 is 36.5 Å². The van der Waals surface area contributed by atoms with Crippen LogP contribution in [-0.4, -0.2) is 33.3 Å². The second kappa shape index (κ2) is 3.69. The van der Waals surface area contributed by atoms with Gasteiger partial charge in [0.1, 0.15) is 0 Å². The minimum absolute atomic E-state index is 3.74. The standard InChI is InChI=1S/C3H4F6N2O4S2/c4-1(5,2(6,7)8)3(9,16(10,12)13)17(11,14)15/h(H2,10,12,13)(H2,11,14,15). The quantitative estimate of drug-likeness (QED) is 0.675. The van der Waals surface area contributed by atoms with E-state index in [0.717, 1.165) is 0 Å². The lowest BCUT2D eigenvalue weighted by Crippen LogP contribution is -2.66. The summed E-state index contributed by atoms with van der Waals surface area (Å²) in [5.41, 5.74) is 0. The lowest BCUT2D eigenvalue weighted by molar-refractivity contribution is -0.299. The molecule has 0 aromatic rings. The molecule has 6 nitrogen and oxygen atoms in total. The van der Waals surface area contributed by atoms with Gasteiger partial charge in [0.25, 0.3) is 20.0 Å². The maximum atomic E-state index is 13.2. The average molecular weight is 310 g/mol. The maximum Gasteiger partial charge on any atom is 0.459 e.